The molecular weight excluding hydrogens is 216 g/mol. The van der Waals surface area contributed by atoms with Gasteiger partial charge in [0.15, 0.2) is 0 Å². The average molecular weight is 234 g/mol. The van der Waals surface area contributed by atoms with Gasteiger partial charge in [-0.1, -0.05) is 17.7 Å². The highest BCUT2D eigenvalue weighted by molar-refractivity contribution is 5.76. The van der Waals surface area contributed by atoms with Gasteiger partial charge in [0.25, 0.3) is 0 Å². The smallest absolute Gasteiger partial charge is 0.224 e. The monoisotopic (exact) mass is 234 g/mol. The van der Waals surface area contributed by atoms with Crippen molar-refractivity contribution in [1.82, 2.24) is 4.90 Å². The van der Waals surface area contributed by atoms with E-state index in [2.05, 4.69) is 6.07 Å². The van der Waals surface area contributed by atoms with Gasteiger partial charge in [-0.2, -0.15) is 0 Å². The number of nitrogens with zero attached hydrogens (tertiary/aromatic N) is 1. The van der Waals surface area contributed by atoms with Crippen LogP contribution in [0, 0.1) is 6.92 Å². The zero-order valence-electron chi connectivity index (χ0n) is 10.1. The lowest BCUT2D eigenvalue weighted by molar-refractivity contribution is -0.131. The summed E-state index contributed by atoms with van der Waals surface area (Å²) in [7, 11) is 0. The molecule has 0 spiro atoms. The number of ether oxygens (including phenoxy) is 1. The molecule has 4 heteroatoms. The number of carbonyl (C=O) groups excluding carboxylic acids is 1. The number of hydrogen-bond acceptors (Lipinski definition) is 3. The average Bonchev–Trinajstić information content (AvgIpc) is 2.50. The Labute approximate surface area is 101 Å². The minimum absolute atomic E-state index is 0.102. The molecule has 0 atom stereocenters. The van der Waals surface area contributed by atoms with Crippen molar-refractivity contribution in [3.8, 4) is 5.75 Å². The molecule has 2 rings (SSSR count). The summed E-state index contributed by atoms with van der Waals surface area (Å²) in [6, 6.07) is 6.07. The van der Waals surface area contributed by atoms with E-state index < -0.39 is 0 Å². The van der Waals surface area contributed by atoms with E-state index in [4.69, 9.17) is 10.5 Å². The summed E-state index contributed by atoms with van der Waals surface area (Å²) in [5.41, 5.74) is 7.67. The van der Waals surface area contributed by atoms with Crippen LogP contribution in [0.25, 0.3) is 0 Å². The quantitative estimate of drug-likeness (QED) is 0.832. The molecule has 0 aliphatic carbocycles. The largest absolute Gasteiger partial charge is 0.491 e. The second-order valence-electron chi connectivity index (χ2n) is 4.31. The van der Waals surface area contributed by atoms with Crippen LogP contribution >= 0.6 is 0 Å². The van der Waals surface area contributed by atoms with Crippen LogP contribution in [0.3, 0.4) is 0 Å². The molecule has 0 bridgehead atoms. The first kappa shape index (κ1) is 11.9. The van der Waals surface area contributed by atoms with Crippen LogP contribution in [0.5, 0.6) is 5.75 Å². The summed E-state index contributed by atoms with van der Waals surface area (Å²) in [6.45, 7) is 4.24. The molecule has 1 aliphatic rings. The maximum atomic E-state index is 11.8. The Morgan fingerprint density at radius 3 is 3.12 bits per heavy atom. The predicted octanol–water partition coefficient (Wildman–Crippen LogP) is 1.06. The molecular formula is C13H18N2O2. The highest BCUT2D eigenvalue weighted by atomic mass is 16.5. The molecule has 1 amide bonds. The van der Waals surface area contributed by atoms with Crippen molar-refractivity contribution in [3.05, 3.63) is 29.3 Å². The molecule has 2 N–H and O–H groups in total. The molecule has 0 radical (unpaired) electrons. The molecule has 0 saturated heterocycles. The van der Waals surface area contributed by atoms with Gasteiger partial charge in [-0.25, -0.2) is 0 Å². The number of benzene rings is 1. The molecule has 4 nitrogen and oxygen atoms in total. The first-order valence-corrected chi connectivity index (χ1v) is 5.91. The van der Waals surface area contributed by atoms with E-state index in [9.17, 15) is 4.79 Å². The molecule has 1 aromatic carbocycles. The van der Waals surface area contributed by atoms with Crippen molar-refractivity contribution in [3.63, 3.8) is 0 Å². The lowest BCUT2D eigenvalue weighted by Crippen LogP contribution is -2.33. The van der Waals surface area contributed by atoms with Crippen molar-refractivity contribution in [2.24, 2.45) is 5.73 Å². The van der Waals surface area contributed by atoms with Crippen molar-refractivity contribution in [2.75, 3.05) is 19.7 Å². The number of nitrogens with two attached hydrogens (primary N) is 1. The molecule has 0 aromatic heterocycles. The molecule has 0 saturated carbocycles. The Morgan fingerprint density at radius 1 is 1.53 bits per heavy atom. The Hall–Kier alpha value is -1.55. The first-order chi connectivity index (χ1) is 8.20. The highest BCUT2D eigenvalue weighted by Gasteiger charge is 2.18. The summed E-state index contributed by atoms with van der Waals surface area (Å²) in [5.74, 6) is 0.990. The van der Waals surface area contributed by atoms with Gasteiger partial charge in [0, 0.05) is 25.1 Å². The lowest BCUT2D eigenvalue weighted by Gasteiger charge is -2.19. The van der Waals surface area contributed by atoms with Gasteiger partial charge in [-0.15, -0.1) is 0 Å². The van der Waals surface area contributed by atoms with Crippen molar-refractivity contribution in [2.45, 2.75) is 19.9 Å². The summed E-state index contributed by atoms with van der Waals surface area (Å²) in [5, 5.41) is 0. The van der Waals surface area contributed by atoms with Crippen LogP contribution in [0.15, 0.2) is 18.2 Å². The lowest BCUT2D eigenvalue weighted by atomic mass is 10.1. The summed E-state index contributed by atoms with van der Waals surface area (Å²) in [6.07, 6.45) is 0.404. The minimum Gasteiger partial charge on any atom is -0.491 e. The van der Waals surface area contributed by atoms with E-state index in [0.717, 1.165) is 11.3 Å². The third-order valence-corrected chi connectivity index (χ3v) is 2.91. The number of amides is 1. The van der Waals surface area contributed by atoms with Gasteiger partial charge in [0.05, 0.1) is 6.54 Å². The van der Waals surface area contributed by atoms with E-state index in [0.29, 0.717) is 32.7 Å². The van der Waals surface area contributed by atoms with Crippen LogP contribution < -0.4 is 10.5 Å². The molecule has 92 valence electrons. The van der Waals surface area contributed by atoms with Gasteiger partial charge in [0.2, 0.25) is 5.91 Å². The van der Waals surface area contributed by atoms with E-state index >= 15 is 0 Å². The molecule has 17 heavy (non-hydrogen) atoms. The fourth-order valence-corrected chi connectivity index (χ4v) is 2.02. The zero-order valence-corrected chi connectivity index (χ0v) is 10.1. The second kappa shape index (κ2) is 5.19. The predicted molar refractivity (Wildman–Crippen MR) is 65.8 cm³/mol. The number of aryl methyl sites for hydroxylation is 1. The van der Waals surface area contributed by atoms with Crippen LogP contribution in [0.1, 0.15) is 17.5 Å². The van der Waals surface area contributed by atoms with Crippen LogP contribution in [-0.4, -0.2) is 30.5 Å². The zero-order chi connectivity index (χ0) is 12.3. The van der Waals surface area contributed by atoms with E-state index in [1.54, 1.807) is 0 Å². The maximum absolute atomic E-state index is 11.8. The van der Waals surface area contributed by atoms with E-state index in [1.807, 2.05) is 24.0 Å². The van der Waals surface area contributed by atoms with E-state index in [1.165, 1.54) is 5.56 Å². The van der Waals surface area contributed by atoms with E-state index in [-0.39, 0.29) is 5.91 Å². The summed E-state index contributed by atoms with van der Waals surface area (Å²) < 4.78 is 5.64. The minimum atomic E-state index is 0.102. The maximum Gasteiger partial charge on any atom is 0.224 e. The van der Waals surface area contributed by atoms with Crippen molar-refractivity contribution in [1.29, 1.82) is 0 Å². The first-order valence-electron chi connectivity index (χ1n) is 5.91. The van der Waals surface area contributed by atoms with Gasteiger partial charge < -0.3 is 15.4 Å². The van der Waals surface area contributed by atoms with Gasteiger partial charge in [-0.3, -0.25) is 4.79 Å². The highest BCUT2D eigenvalue weighted by Crippen LogP contribution is 2.24. The van der Waals surface area contributed by atoms with Gasteiger partial charge in [-0.05, 0) is 13.0 Å². The second-order valence-corrected chi connectivity index (χ2v) is 4.31. The number of hydrogen-bond donors (Lipinski definition) is 1. The topological polar surface area (TPSA) is 55.6 Å². The molecule has 1 aromatic rings. The Balaban J connectivity index is 2.18. The SMILES string of the molecule is Cc1ccc2c(c1)CN(C(=O)CCN)CCO2. The summed E-state index contributed by atoms with van der Waals surface area (Å²) >= 11 is 0. The Kier molecular flexibility index (Phi) is 3.64. The van der Waals surface area contributed by atoms with Crippen LogP contribution in [-0.2, 0) is 11.3 Å². The fraction of sp³-hybridized carbons (Fsp3) is 0.462. The number of carbonyl (C=O) groups is 1. The van der Waals surface area contributed by atoms with Crippen LogP contribution in [0.4, 0.5) is 0 Å². The molecule has 1 heterocycles. The van der Waals surface area contributed by atoms with Crippen molar-refractivity contribution >= 4 is 5.91 Å². The molecule has 0 unspecified atom stereocenters. The van der Waals surface area contributed by atoms with Crippen molar-refractivity contribution < 1.29 is 9.53 Å². The van der Waals surface area contributed by atoms with Gasteiger partial charge >= 0.3 is 0 Å². The third-order valence-electron chi connectivity index (χ3n) is 2.91. The normalized spacial score (nSPS) is 14.8. The Morgan fingerprint density at radius 2 is 2.35 bits per heavy atom. The standard InChI is InChI=1S/C13H18N2O2/c1-10-2-3-12-11(8-10)9-15(6-7-17-12)13(16)4-5-14/h2-3,8H,4-7,9,14H2,1H3. The summed E-state index contributed by atoms with van der Waals surface area (Å²) in [4.78, 5) is 13.7. The number of fused-ring (bicyclic) bond motifs is 1. The Bertz CT molecular complexity index is 418. The van der Waals surface area contributed by atoms with Crippen LogP contribution in [0.2, 0.25) is 0 Å². The third kappa shape index (κ3) is 2.77. The molecule has 1 aliphatic heterocycles. The van der Waals surface area contributed by atoms with Gasteiger partial charge in [0.1, 0.15) is 12.4 Å². The number of rotatable bonds is 2. The molecule has 0 fully saturated rings. The fourth-order valence-electron chi connectivity index (χ4n) is 2.02.